The number of likely N-dealkylation sites (tertiary alicyclic amines) is 1. The summed E-state index contributed by atoms with van der Waals surface area (Å²) in [7, 11) is 7.80. The third-order valence-electron chi connectivity index (χ3n) is 8.21. The number of rotatable bonds is 8. The molecule has 0 atom stereocenters. The van der Waals surface area contributed by atoms with Crippen LogP contribution in [0.2, 0.25) is 0 Å². The zero-order valence-corrected chi connectivity index (χ0v) is 23.3. The van der Waals surface area contributed by atoms with E-state index in [1.807, 2.05) is 29.2 Å². The van der Waals surface area contributed by atoms with Gasteiger partial charge in [-0.1, -0.05) is 11.5 Å². The molecule has 2 aromatic rings. The van der Waals surface area contributed by atoms with Gasteiger partial charge in [0.2, 0.25) is 0 Å². The maximum Gasteiger partial charge on any atom is 0.322 e. The minimum Gasteiger partial charge on any atom is -0.497 e. The van der Waals surface area contributed by atoms with Gasteiger partial charge in [0.15, 0.2) is 0 Å². The molecule has 11 heteroatoms. The minimum absolute atomic E-state index is 0.0367. The molecule has 0 saturated carbocycles. The molecule has 3 heterocycles. The van der Waals surface area contributed by atoms with E-state index >= 15 is 0 Å². The Morgan fingerprint density at radius 1 is 1.12 bits per heavy atom. The Hall–Kier alpha value is -3.28. The van der Waals surface area contributed by atoms with Gasteiger partial charge in [-0.05, 0) is 54.7 Å². The highest BCUT2D eigenvalue weighted by molar-refractivity contribution is 6.36. The second-order valence-electron chi connectivity index (χ2n) is 10.8. The smallest absolute Gasteiger partial charge is 0.322 e. The van der Waals surface area contributed by atoms with Crippen molar-refractivity contribution in [2.45, 2.75) is 31.8 Å². The number of urea groups is 1. The van der Waals surface area contributed by atoms with E-state index in [0.717, 1.165) is 74.6 Å². The van der Waals surface area contributed by atoms with Gasteiger partial charge in [0.05, 0.1) is 20.3 Å². The van der Waals surface area contributed by atoms with Crippen molar-refractivity contribution in [1.82, 2.24) is 20.0 Å². The number of nitrogen functional groups attached to an aromatic ring is 1. The molecule has 2 aromatic carbocycles. The molecule has 3 aliphatic rings. The van der Waals surface area contributed by atoms with Crippen molar-refractivity contribution in [3.05, 3.63) is 47.0 Å². The first-order valence-corrected chi connectivity index (χ1v) is 14.1. The first-order valence-electron chi connectivity index (χ1n) is 14.1. The molecule has 0 unspecified atom stereocenters. The number of morpholine rings is 1. The number of methoxy groups -OCH3 is 1. The Morgan fingerprint density at radius 2 is 1.90 bits per heavy atom. The molecule has 5 rings (SSSR count). The SMILES string of the molecule is [B]c1cc(C(=O)NCCN2CCC(N3CCc4cc(OC)ccc4NC3=O)CC2)cc(CN2CCOCC2)c1N. The normalized spacial score (nSPS) is 19.0. The topological polar surface area (TPSA) is 112 Å². The summed E-state index contributed by atoms with van der Waals surface area (Å²) in [6.07, 6.45) is 2.60. The van der Waals surface area contributed by atoms with Crippen LogP contribution in [0.25, 0.3) is 0 Å². The average Bonchev–Trinajstić information content (AvgIpc) is 3.13. The molecule has 40 heavy (non-hydrogen) atoms. The Balaban J connectivity index is 1.08. The van der Waals surface area contributed by atoms with Crippen LogP contribution in [0.4, 0.5) is 16.2 Å². The quantitative estimate of drug-likeness (QED) is 0.337. The molecule has 0 aromatic heterocycles. The highest BCUT2D eigenvalue weighted by Gasteiger charge is 2.30. The van der Waals surface area contributed by atoms with Gasteiger partial charge in [0.1, 0.15) is 13.6 Å². The molecule has 212 valence electrons. The summed E-state index contributed by atoms with van der Waals surface area (Å²) >= 11 is 0. The molecule has 2 radical (unpaired) electrons. The van der Waals surface area contributed by atoms with E-state index < -0.39 is 0 Å². The van der Waals surface area contributed by atoms with E-state index in [4.69, 9.17) is 23.1 Å². The van der Waals surface area contributed by atoms with Crippen LogP contribution in [0.1, 0.15) is 34.3 Å². The Bertz CT molecular complexity index is 1210. The van der Waals surface area contributed by atoms with Gasteiger partial charge in [-0.25, -0.2) is 4.79 Å². The monoisotopic (exact) mass is 546 g/mol. The van der Waals surface area contributed by atoms with Crippen molar-refractivity contribution in [2.24, 2.45) is 0 Å². The Labute approximate surface area is 237 Å². The number of carbonyl (C=O) groups excluding carboxylic acids is 2. The zero-order chi connectivity index (χ0) is 28.1. The number of fused-ring (bicyclic) bond motifs is 1. The largest absolute Gasteiger partial charge is 0.497 e. The number of benzene rings is 2. The highest BCUT2D eigenvalue weighted by Crippen LogP contribution is 2.27. The molecule has 0 bridgehead atoms. The van der Waals surface area contributed by atoms with Crippen LogP contribution in [0, 0.1) is 0 Å². The molecule has 3 amide bonds. The van der Waals surface area contributed by atoms with E-state index in [1.165, 1.54) is 0 Å². The number of carbonyl (C=O) groups is 2. The number of anilines is 2. The van der Waals surface area contributed by atoms with Crippen molar-refractivity contribution >= 4 is 36.6 Å². The van der Waals surface area contributed by atoms with Crippen LogP contribution in [-0.4, -0.2) is 107 Å². The zero-order valence-electron chi connectivity index (χ0n) is 23.3. The molecule has 2 fully saturated rings. The van der Waals surface area contributed by atoms with Gasteiger partial charge >= 0.3 is 6.03 Å². The summed E-state index contributed by atoms with van der Waals surface area (Å²) in [6.45, 7) is 7.43. The summed E-state index contributed by atoms with van der Waals surface area (Å²) in [5.41, 5.74) is 10.5. The fraction of sp³-hybridized carbons (Fsp3) is 0.517. The number of nitrogens with two attached hydrogens (primary N) is 1. The lowest BCUT2D eigenvalue weighted by Gasteiger charge is -2.38. The third-order valence-corrected chi connectivity index (χ3v) is 8.21. The van der Waals surface area contributed by atoms with Crippen LogP contribution in [-0.2, 0) is 17.7 Å². The van der Waals surface area contributed by atoms with E-state index in [-0.39, 0.29) is 18.0 Å². The van der Waals surface area contributed by atoms with Crippen molar-refractivity contribution in [1.29, 1.82) is 0 Å². The van der Waals surface area contributed by atoms with Crippen molar-refractivity contribution in [2.75, 3.05) is 77.2 Å². The number of nitrogens with zero attached hydrogens (tertiary/aromatic N) is 3. The predicted octanol–water partition coefficient (Wildman–Crippen LogP) is 1.19. The van der Waals surface area contributed by atoms with E-state index in [0.29, 0.717) is 49.6 Å². The average molecular weight is 546 g/mol. The molecule has 2 saturated heterocycles. The number of ether oxygens (including phenoxy) is 2. The summed E-state index contributed by atoms with van der Waals surface area (Å²) in [5.74, 6) is 0.650. The first-order chi connectivity index (χ1) is 19.4. The molecular formula is C29H39BN6O4. The van der Waals surface area contributed by atoms with E-state index in [2.05, 4.69) is 20.4 Å². The molecular weight excluding hydrogens is 507 g/mol. The third kappa shape index (κ3) is 6.71. The van der Waals surface area contributed by atoms with Gasteiger partial charge in [-0.2, -0.15) is 0 Å². The standard InChI is InChI=1S/C29H39BN6O4/c1-39-24-2-3-26-20(17-24)4-10-36(29(38)33-26)23-5-8-34(9-6-23)11-7-32-28(37)21-16-22(27(31)25(30)18-21)19-35-12-14-40-15-13-35/h2-3,16-18,23H,4-15,19,31H2,1H3,(H,32,37)(H,33,38). The summed E-state index contributed by atoms with van der Waals surface area (Å²) in [6, 6.07) is 9.45. The lowest BCUT2D eigenvalue weighted by atomic mass is 9.89. The van der Waals surface area contributed by atoms with Gasteiger partial charge in [-0.15, -0.1) is 0 Å². The van der Waals surface area contributed by atoms with Crippen molar-refractivity contribution in [3.63, 3.8) is 0 Å². The molecule has 10 nitrogen and oxygen atoms in total. The minimum atomic E-state index is -0.151. The van der Waals surface area contributed by atoms with Crippen LogP contribution >= 0.6 is 0 Å². The van der Waals surface area contributed by atoms with Gasteiger partial charge < -0.3 is 35.6 Å². The highest BCUT2D eigenvalue weighted by atomic mass is 16.5. The fourth-order valence-corrected chi connectivity index (χ4v) is 5.79. The predicted molar refractivity (Wildman–Crippen MR) is 157 cm³/mol. The first kappa shape index (κ1) is 28.3. The summed E-state index contributed by atoms with van der Waals surface area (Å²) in [4.78, 5) is 32.5. The lowest BCUT2D eigenvalue weighted by molar-refractivity contribution is 0.0342. The van der Waals surface area contributed by atoms with Gasteiger partial charge in [-0.3, -0.25) is 9.69 Å². The Morgan fingerprint density at radius 3 is 2.65 bits per heavy atom. The van der Waals surface area contributed by atoms with E-state index in [1.54, 1.807) is 13.2 Å². The molecule has 0 aliphatic carbocycles. The second-order valence-corrected chi connectivity index (χ2v) is 10.8. The Kier molecular flexibility index (Phi) is 9.13. The molecule has 3 aliphatic heterocycles. The number of nitrogens with one attached hydrogen (secondary N) is 2. The number of piperidine rings is 1. The van der Waals surface area contributed by atoms with Gasteiger partial charge in [0.25, 0.3) is 5.91 Å². The summed E-state index contributed by atoms with van der Waals surface area (Å²) < 4.78 is 10.8. The fourth-order valence-electron chi connectivity index (χ4n) is 5.79. The van der Waals surface area contributed by atoms with Gasteiger partial charge in [0, 0.05) is 75.3 Å². The number of hydrogen-bond acceptors (Lipinski definition) is 7. The molecule has 0 spiro atoms. The molecule has 4 N–H and O–H groups in total. The van der Waals surface area contributed by atoms with Crippen LogP contribution < -0.4 is 26.6 Å². The summed E-state index contributed by atoms with van der Waals surface area (Å²) in [5, 5.41) is 6.11. The maximum atomic E-state index is 13.0. The van der Waals surface area contributed by atoms with Crippen LogP contribution in [0.15, 0.2) is 30.3 Å². The second kappa shape index (κ2) is 12.9. The van der Waals surface area contributed by atoms with Crippen LogP contribution in [0.5, 0.6) is 5.75 Å². The lowest BCUT2D eigenvalue weighted by Crippen LogP contribution is -2.49. The van der Waals surface area contributed by atoms with Crippen molar-refractivity contribution in [3.8, 4) is 5.75 Å². The van der Waals surface area contributed by atoms with Crippen molar-refractivity contribution < 1.29 is 19.1 Å². The number of amides is 3. The number of hydrogen-bond donors (Lipinski definition) is 3. The van der Waals surface area contributed by atoms with Crippen LogP contribution in [0.3, 0.4) is 0 Å². The maximum absolute atomic E-state index is 13.0. The van der Waals surface area contributed by atoms with E-state index in [9.17, 15) is 9.59 Å².